The number of piperazine rings is 1. The number of benzene rings is 2. The predicted octanol–water partition coefficient (Wildman–Crippen LogP) is 3.98. The third kappa shape index (κ3) is 9.57. The number of fused-ring (bicyclic) bond motifs is 2. The summed E-state index contributed by atoms with van der Waals surface area (Å²) in [6.45, 7) is 13.2. The van der Waals surface area contributed by atoms with E-state index in [9.17, 15) is 14.4 Å². The van der Waals surface area contributed by atoms with Crippen LogP contribution in [-0.4, -0.2) is 144 Å². The summed E-state index contributed by atoms with van der Waals surface area (Å²) >= 11 is 0. The first kappa shape index (κ1) is 39.0. The first-order chi connectivity index (χ1) is 26.7. The second-order valence-electron chi connectivity index (χ2n) is 15.6. The molecule has 2 aromatic heterocycles. The Morgan fingerprint density at radius 2 is 1.64 bits per heavy atom. The Morgan fingerprint density at radius 1 is 0.891 bits per heavy atom. The number of ether oxygens (including phenoxy) is 2. The largest absolute Gasteiger partial charge is 0.379 e. The van der Waals surface area contributed by atoms with Gasteiger partial charge in [0.2, 0.25) is 5.91 Å². The molecule has 3 amide bonds. The van der Waals surface area contributed by atoms with Gasteiger partial charge in [0.25, 0.3) is 5.56 Å². The summed E-state index contributed by atoms with van der Waals surface area (Å²) in [6, 6.07) is 13.6. The Balaban J connectivity index is 1.03. The maximum absolute atomic E-state index is 14.4. The molecule has 13 heteroatoms. The van der Waals surface area contributed by atoms with E-state index in [1.54, 1.807) is 4.90 Å². The zero-order chi connectivity index (χ0) is 38.3. The maximum atomic E-state index is 14.4. The van der Waals surface area contributed by atoms with E-state index in [4.69, 9.17) is 14.6 Å². The highest BCUT2D eigenvalue weighted by Gasteiger charge is 2.34. The minimum Gasteiger partial charge on any atom is -0.379 e. The van der Waals surface area contributed by atoms with Crippen LogP contribution in [0.15, 0.2) is 53.5 Å². The molecule has 2 N–H and O–H groups in total. The molecule has 0 radical (unpaired) electrons. The zero-order valence-electron chi connectivity index (χ0n) is 32.8. The summed E-state index contributed by atoms with van der Waals surface area (Å²) in [5, 5.41) is 10.00. The van der Waals surface area contributed by atoms with E-state index in [0.717, 1.165) is 77.5 Å². The van der Waals surface area contributed by atoms with Gasteiger partial charge in [0, 0.05) is 81.0 Å². The molecule has 7 rings (SSSR count). The molecule has 0 saturated carbocycles. The van der Waals surface area contributed by atoms with Crippen molar-refractivity contribution >= 4 is 33.7 Å². The first-order valence-corrected chi connectivity index (χ1v) is 20.3. The molecule has 0 spiro atoms. The normalized spacial score (nSPS) is 18.7. The van der Waals surface area contributed by atoms with Gasteiger partial charge in [-0.05, 0) is 100 Å². The number of pyridine rings is 1. The number of para-hydroxylation sites is 1. The van der Waals surface area contributed by atoms with Crippen LogP contribution in [0.4, 0.5) is 4.79 Å². The van der Waals surface area contributed by atoms with Crippen LogP contribution in [-0.2, 0) is 27.2 Å². The summed E-state index contributed by atoms with van der Waals surface area (Å²) in [6.07, 6.45) is 6.10. The Bertz CT molecular complexity index is 1970. The van der Waals surface area contributed by atoms with Gasteiger partial charge < -0.3 is 34.5 Å². The average molecular weight is 755 g/mol. The molecule has 55 heavy (non-hydrogen) atoms. The fourth-order valence-corrected chi connectivity index (χ4v) is 8.62. The minimum atomic E-state index is -0.714. The van der Waals surface area contributed by atoms with E-state index < -0.39 is 6.04 Å². The number of carbonyl (C=O) groups excluding carboxylic acids is 2. The number of amides is 3. The van der Waals surface area contributed by atoms with Crippen molar-refractivity contribution < 1.29 is 19.1 Å². The summed E-state index contributed by atoms with van der Waals surface area (Å²) < 4.78 is 13.0. The van der Waals surface area contributed by atoms with E-state index in [2.05, 4.69) is 39.3 Å². The van der Waals surface area contributed by atoms with Gasteiger partial charge in [0.1, 0.15) is 6.04 Å². The molecule has 4 aromatic rings. The molecule has 13 nitrogen and oxygen atoms in total. The van der Waals surface area contributed by atoms with Crippen molar-refractivity contribution in [1.29, 1.82) is 0 Å². The second-order valence-corrected chi connectivity index (χ2v) is 15.6. The third-order valence-electron chi connectivity index (χ3n) is 11.8. The lowest BCUT2D eigenvalue weighted by molar-refractivity contribution is -0.135. The van der Waals surface area contributed by atoms with Gasteiger partial charge in [-0.2, -0.15) is 5.10 Å². The van der Waals surface area contributed by atoms with E-state index >= 15 is 0 Å². The highest BCUT2D eigenvalue weighted by molar-refractivity contribution is 5.88. The molecule has 2 aromatic carbocycles. The van der Waals surface area contributed by atoms with E-state index in [1.807, 2.05) is 60.0 Å². The van der Waals surface area contributed by atoms with Crippen molar-refractivity contribution in [3.63, 3.8) is 0 Å². The number of aryl methyl sites for hydroxylation is 1. The summed E-state index contributed by atoms with van der Waals surface area (Å²) in [5.41, 5.74) is 4.46. The van der Waals surface area contributed by atoms with Crippen molar-refractivity contribution in [1.82, 2.24) is 39.7 Å². The molecular formula is C42H58N8O5. The van der Waals surface area contributed by atoms with Gasteiger partial charge >= 0.3 is 6.03 Å². The molecule has 0 unspecified atom stereocenters. The number of carbonyl (C=O) groups is 2. The van der Waals surface area contributed by atoms with Crippen LogP contribution in [0.1, 0.15) is 55.2 Å². The van der Waals surface area contributed by atoms with Crippen molar-refractivity contribution in [3.05, 3.63) is 75.7 Å². The molecule has 3 aliphatic heterocycles. The van der Waals surface area contributed by atoms with E-state index in [1.165, 1.54) is 0 Å². The summed E-state index contributed by atoms with van der Waals surface area (Å²) in [4.78, 5) is 53.1. The number of rotatable bonds is 13. The lowest BCUT2D eigenvalue weighted by Gasteiger charge is -2.43. The highest BCUT2D eigenvalue weighted by Crippen LogP contribution is 2.28. The predicted molar refractivity (Wildman–Crippen MR) is 215 cm³/mol. The monoisotopic (exact) mass is 754 g/mol. The van der Waals surface area contributed by atoms with Crippen LogP contribution in [0.2, 0.25) is 0 Å². The van der Waals surface area contributed by atoms with Gasteiger partial charge in [-0.15, -0.1) is 0 Å². The second kappa shape index (κ2) is 18.1. The Labute approximate surface area is 323 Å². The maximum Gasteiger partial charge on any atom is 0.318 e. The number of nitrogens with one attached hydrogen (secondary N) is 2. The number of aromatic amines is 1. The van der Waals surface area contributed by atoms with Gasteiger partial charge in [-0.1, -0.05) is 24.3 Å². The molecule has 3 saturated heterocycles. The Morgan fingerprint density at radius 3 is 2.40 bits per heavy atom. The van der Waals surface area contributed by atoms with Crippen molar-refractivity contribution in [2.45, 2.75) is 70.5 Å². The molecule has 0 bridgehead atoms. The smallest absolute Gasteiger partial charge is 0.318 e. The Hall–Kier alpha value is -4.30. The van der Waals surface area contributed by atoms with Gasteiger partial charge in [0.05, 0.1) is 31.9 Å². The number of urea groups is 1. The van der Waals surface area contributed by atoms with Crippen LogP contribution < -0.4 is 10.9 Å². The Kier molecular flexibility index (Phi) is 12.8. The third-order valence-corrected chi connectivity index (χ3v) is 11.8. The summed E-state index contributed by atoms with van der Waals surface area (Å²) in [5.74, 6) is 0.0274. The average Bonchev–Trinajstić information content (AvgIpc) is 3.62. The van der Waals surface area contributed by atoms with Crippen LogP contribution >= 0.6 is 0 Å². The number of hydrogen-bond donors (Lipinski definition) is 2. The minimum absolute atomic E-state index is 0.0355. The van der Waals surface area contributed by atoms with E-state index in [-0.39, 0.29) is 23.4 Å². The van der Waals surface area contributed by atoms with Crippen LogP contribution in [0, 0.1) is 6.92 Å². The topological polar surface area (TPSA) is 128 Å². The number of likely N-dealkylation sites (tertiary alicyclic amines) is 2. The quantitative estimate of drug-likeness (QED) is 0.197. The van der Waals surface area contributed by atoms with Gasteiger partial charge in [-0.3, -0.25) is 19.2 Å². The molecule has 296 valence electrons. The molecule has 1 atom stereocenters. The van der Waals surface area contributed by atoms with Gasteiger partial charge in [-0.25, -0.2) is 4.79 Å². The fourth-order valence-electron chi connectivity index (χ4n) is 8.62. The van der Waals surface area contributed by atoms with Crippen LogP contribution in [0.5, 0.6) is 0 Å². The number of aromatic nitrogens is 3. The number of nitrogens with zero attached hydrogens (tertiary/aromatic N) is 6. The molecule has 3 fully saturated rings. The molecule has 0 aliphatic carbocycles. The number of H-pyrrole nitrogens is 1. The zero-order valence-corrected chi connectivity index (χ0v) is 32.8. The lowest BCUT2D eigenvalue weighted by Crippen LogP contribution is -2.59. The fraction of sp³-hybridized carbons (Fsp3) is 0.571. The highest BCUT2D eigenvalue weighted by atomic mass is 16.5. The van der Waals surface area contributed by atoms with Crippen LogP contribution in [0.3, 0.4) is 0 Å². The molecule has 5 heterocycles. The number of piperidine rings is 2. The standard InChI is InChI=1S/C42H58N8O5/c1-4-54-23-24-55-22-21-50-29-34-26-31(25-30(2)39(34)45-50)27-38(41(52)48-19-17-47(18-20-48)35-11-13-46(3)14-12-35)44-42(53)49-15-9-32(10-16-49)36-28-33-7-5-6-8-37(33)43-40(36)51/h5-8,25-26,28-29,32,35,38H,4,9-24,27H2,1-3H3,(H,43,51)(H,44,53)/t38-/m1/s1. The van der Waals surface area contributed by atoms with Gasteiger partial charge in [0.15, 0.2) is 0 Å². The first-order valence-electron chi connectivity index (χ1n) is 20.3. The lowest BCUT2D eigenvalue weighted by atomic mass is 9.89. The van der Waals surface area contributed by atoms with Crippen LogP contribution in [0.25, 0.3) is 21.8 Å². The van der Waals surface area contributed by atoms with Crippen molar-refractivity contribution in [3.8, 4) is 0 Å². The van der Waals surface area contributed by atoms with E-state index in [0.29, 0.717) is 84.5 Å². The SMILES string of the molecule is CCOCCOCCn1cc2cc(C[C@@H](NC(=O)N3CCC(c4cc5ccccc5[nH]c4=O)CC3)C(=O)N3CCN(C4CCN(C)CC4)CC3)cc(C)c2n1. The summed E-state index contributed by atoms with van der Waals surface area (Å²) in [7, 11) is 2.18. The molecular weight excluding hydrogens is 697 g/mol. The number of hydrogen-bond acceptors (Lipinski definition) is 8. The van der Waals surface area contributed by atoms with Crippen molar-refractivity contribution in [2.24, 2.45) is 0 Å². The molecule has 3 aliphatic rings. The van der Waals surface area contributed by atoms with Crippen molar-refractivity contribution in [2.75, 3.05) is 85.8 Å².